The van der Waals surface area contributed by atoms with Crippen molar-refractivity contribution < 1.29 is 23.9 Å². The minimum atomic E-state index is -0.557. The van der Waals surface area contributed by atoms with E-state index in [1.54, 1.807) is 54.9 Å². The van der Waals surface area contributed by atoms with Gasteiger partial charge >= 0.3 is 5.97 Å². The van der Waals surface area contributed by atoms with Gasteiger partial charge in [0.05, 0.1) is 25.0 Å². The normalized spacial score (nSPS) is 10.3. The van der Waals surface area contributed by atoms with Crippen LogP contribution in [0.4, 0.5) is 5.69 Å². The molecule has 0 bridgehead atoms. The van der Waals surface area contributed by atoms with E-state index in [1.165, 1.54) is 20.1 Å². The molecule has 0 atom stereocenters. The second-order valence-electron chi connectivity index (χ2n) is 6.68. The van der Waals surface area contributed by atoms with E-state index >= 15 is 0 Å². The minimum absolute atomic E-state index is 0.133. The third-order valence-corrected chi connectivity index (χ3v) is 4.56. The first kappa shape index (κ1) is 21.7. The van der Waals surface area contributed by atoms with Crippen LogP contribution in [0.5, 0.6) is 5.75 Å². The predicted octanol–water partition coefficient (Wildman–Crippen LogP) is 4.39. The van der Waals surface area contributed by atoms with E-state index in [0.717, 1.165) is 5.56 Å². The monoisotopic (exact) mass is 418 g/mol. The van der Waals surface area contributed by atoms with Gasteiger partial charge in [-0.1, -0.05) is 0 Å². The van der Waals surface area contributed by atoms with Crippen LogP contribution in [0.15, 0.2) is 60.9 Å². The Hall–Kier alpha value is -4.00. The molecule has 0 aliphatic heterocycles. The summed E-state index contributed by atoms with van der Waals surface area (Å²) in [6.45, 7) is 3.67. The van der Waals surface area contributed by atoms with E-state index in [4.69, 9.17) is 9.47 Å². The topological polar surface area (TPSA) is 94.6 Å². The Bertz CT molecular complexity index is 1130. The lowest BCUT2D eigenvalue weighted by molar-refractivity contribution is 0.0600. The van der Waals surface area contributed by atoms with Crippen molar-refractivity contribution >= 4 is 23.3 Å². The summed E-state index contributed by atoms with van der Waals surface area (Å²) in [4.78, 5) is 41.0. The average Bonchev–Trinajstić information content (AvgIpc) is 2.79. The van der Waals surface area contributed by atoms with Crippen LogP contribution in [0.3, 0.4) is 0 Å². The first-order valence-corrected chi connectivity index (χ1v) is 9.66. The van der Waals surface area contributed by atoms with E-state index < -0.39 is 11.9 Å². The fourth-order valence-corrected chi connectivity index (χ4v) is 3.03. The molecular weight excluding hydrogens is 396 g/mol. The Kier molecular flexibility index (Phi) is 6.77. The molecule has 3 rings (SSSR count). The van der Waals surface area contributed by atoms with Gasteiger partial charge in [0.15, 0.2) is 5.78 Å². The Morgan fingerprint density at radius 2 is 1.61 bits per heavy atom. The number of aromatic nitrogens is 1. The smallest absolute Gasteiger partial charge is 0.337 e. The molecule has 31 heavy (non-hydrogen) atoms. The van der Waals surface area contributed by atoms with Crippen molar-refractivity contribution in [2.45, 2.75) is 13.8 Å². The Labute approximate surface area is 180 Å². The van der Waals surface area contributed by atoms with E-state index in [-0.39, 0.29) is 16.9 Å². The maximum Gasteiger partial charge on any atom is 0.337 e. The van der Waals surface area contributed by atoms with Gasteiger partial charge in [-0.25, -0.2) is 4.79 Å². The quantitative estimate of drug-likeness (QED) is 0.452. The second-order valence-corrected chi connectivity index (χ2v) is 6.68. The number of esters is 1. The molecule has 0 radical (unpaired) electrons. The van der Waals surface area contributed by atoms with Crippen molar-refractivity contribution in [1.29, 1.82) is 0 Å². The number of rotatable bonds is 7. The molecule has 0 unspecified atom stereocenters. The van der Waals surface area contributed by atoms with E-state index in [0.29, 0.717) is 29.2 Å². The van der Waals surface area contributed by atoms with Crippen LogP contribution < -0.4 is 10.1 Å². The largest absolute Gasteiger partial charge is 0.492 e. The zero-order valence-electron chi connectivity index (χ0n) is 17.5. The average molecular weight is 418 g/mol. The first-order chi connectivity index (χ1) is 14.9. The summed E-state index contributed by atoms with van der Waals surface area (Å²) in [6.07, 6.45) is 3.25. The lowest BCUT2D eigenvalue weighted by Crippen LogP contribution is -2.15. The third kappa shape index (κ3) is 5.14. The van der Waals surface area contributed by atoms with Crippen molar-refractivity contribution in [3.05, 3.63) is 77.6 Å². The number of nitrogens with zero attached hydrogens (tertiary/aromatic N) is 1. The van der Waals surface area contributed by atoms with Crippen molar-refractivity contribution in [2.75, 3.05) is 19.0 Å². The van der Waals surface area contributed by atoms with Gasteiger partial charge in [-0.05, 0) is 73.5 Å². The molecule has 1 N–H and O–H groups in total. The highest BCUT2D eigenvalue weighted by Gasteiger charge is 2.17. The van der Waals surface area contributed by atoms with Gasteiger partial charge in [0.25, 0.3) is 5.91 Å². The van der Waals surface area contributed by atoms with E-state index in [2.05, 4.69) is 10.3 Å². The molecule has 0 fully saturated rings. The zero-order valence-corrected chi connectivity index (χ0v) is 17.5. The highest BCUT2D eigenvalue weighted by molar-refractivity contribution is 6.08. The molecule has 0 saturated heterocycles. The molecule has 1 heterocycles. The summed E-state index contributed by atoms with van der Waals surface area (Å²) in [5, 5.41) is 2.79. The van der Waals surface area contributed by atoms with Crippen molar-refractivity contribution in [3.8, 4) is 16.9 Å². The van der Waals surface area contributed by atoms with Gasteiger partial charge in [-0.3, -0.25) is 14.6 Å². The van der Waals surface area contributed by atoms with Crippen LogP contribution in [-0.2, 0) is 4.74 Å². The molecule has 3 aromatic rings. The molecule has 0 spiro atoms. The van der Waals surface area contributed by atoms with Crippen molar-refractivity contribution in [2.24, 2.45) is 0 Å². The lowest BCUT2D eigenvalue weighted by atomic mass is 10.00. The Morgan fingerprint density at radius 1 is 0.903 bits per heavy atom. The number of carbonyl (C=O) groups is 3. The van der Waals surface area contributed by atoms with Gasteiger partial charge in [0.2, 0.25) is 0 Å². The molecule has 1 amide bonds. The molecule has 7 nitrogen and oxygen atoms in total. The van der Waals surface area contributed by atoms with Crippen LogP contribution >= 0.6 is 0 Å². The number of methoxy groups -OCH3 is 1. The third-order valence-electron chi connectivity index (χ3n) is 4.56. The number of hydrogen-bond acceptors (Lipinski definition) is 6. The van der Waals surface area contributed by atoms with Gasteiger partial charge in [-0.2, -0.15) is 0 Å². The number of carbonyl (C=O) groups excluding carboxylic acids is 3. The zero-order chi connectivity index (χ0) is 22.4. The van der Waals surface area contributed by atoms with Crippen LogP contribution in [0.2, 0.25) is 0 Å². The molecular formula is C24H22N2O5. The first-order valence-electron chi connectivity index (χ1n) is 9.66. The number of ether oxygens (including phenoxy) is 2. The van der Waals surface area contributed by atoms with E-state index in [1.807, 2.05) is 6.92 Å². The maximum atomic E-state index is 13.1. The predicted molar refractivity (Wildman–Crippen MR) is 117 cm³/mol. The van der Waals surface area contributed by atoms with Gasteiger partial charge in [-0.15, -0.1) is 0 Å². The highest BCUT2D eigenvalue weighted by Crippen LogP contribution is 2.28. The maximum absolute atomic E-state index is 13.1. The fourth-order valence-electron chi connectivity index (χ4n) is 3.03. The summed E-state index contributed by atoms with van der Waals surface area (Å²) in [5.74, 6) is -0.702. The van der Waals surface area contributed by atoms with Gasteiger partial charge < -0.3 is 14.8 Å². The number of nitrogens with one attached hydrogen (secondary N) is 1. The van der Waals surface area contributed by atoms with E-state index in [9.17, 15) is 14.4 Å². The molecule has 0 saturated carbocycles. The van der Waals surface area contributed by atoms with Gasteiger partial charge in [0, 0.05) is 23.5 Å². The summed E-state index contributed by atoms with van der Waals surface area (Å²) in [7, 11) is 1.28. The number of anilines is 1. The lowest BCUT2D eigenvalue weighted by Gasteiger charge is -2.14. The number of Topliss-reactive ketones (excluding diaryl/α,β-unsaturated/α-hetero) is 1. The summed E-state index contributed by atoms with van der Waals surface area (Å²) < 4.78 is 10.4. The molecule has 1 aromatic heterocycles. The summed E-state index contributed by atoms with van der Waals surface area (Å²) >= 11 is 0. The molecule has 7 heteroatoms. The van der Waals surface area contributed by atoms with Crippen LogP contribution in [0.25, 0.3) is 11.1 Å². The standard InChI is InChI=1S/C24H22N2O5/c1-4-31-22-6-5-17(15(2)27)14-21(22)26-23(28)19-11-18(16-7-9-25-10-8-16)12-20(13-19)24(29)30-3/h5-14H,4H2,1-3H3,(H,26,28). The SMILES string of the molecule is CCOc1ccc(C(C)=O)cc1NC(=O)c1cc(C(=O)OC)cc(-c2ccncc2)c1. The molecule has 0 aliphatic rings. The highest BCUT2D eigenvalue weighted by atomic mass is 16.5. The van der Waals surface area contributed by atoms with Gasteiger partial charge in [0.1, 0.15) is 5.75 Å². The fraction of sp³-hybridized carbons (Fsp3) is 0.167. The number of ketones is 1. The summed E-state index contributed by atoms with van der Waals surface area (Å²) in [5.41, 5.74) is 2.77. The molecule has 2 aromatic carbocycles. The summed E-state index contributed by atoms with van der Waals surface area (Å²) in [6, 6.07) is 13.2. The van der Waals surface area contributed by atoms with Crippen LogP contribution in [0, 0.1) is 0 Å². The molecule has 0 aliphatic carbocycles. The van der Waals surface area contributed by atoms with Crippen molar-refractivity contribution in [1.82, 2.24) is 4.98 Å². The Morgan fingerprint density at radius 3 is 2.26 bits per heavy atom. The number of amides is 1. The van der Waals surface area contributed by atoms with Crippen LogP contribution in [0.1, 0.15) is 44.9 Å². The number of pyridine rings is 1. The molecule has 158 valence electrons. The minimum Gasteiger partial charge on any atom is -0.492 e. The Balaban J connectivity index is 2.02. The number of benzene rings is 2. The van der Waals surface area contributed by atoms with Crippen molar-refractivity contribution in [3.63, 3.8) is 0 Å². The van der Waals surface area contributed by atoms with Crippen LogP contribution in [-0.4, -0.2) is 36.4 Å². The number of hydrogen-bond donors (Lipinski definition) is 1. The second kappa shape index (κ2) is 9.67.